The summed E-state index contributed by atoms with van der Waals surface area (Å²) in [6.07, 6.45) is 10.4. The molecule has 0 atom stereocenters. The average molecular weight is 334 g/mol. The predicted molar refractivity (Wildman–Crippen MR) is 75.7 cm³/mol. The third-order valence-corrected chi connectivity index (χ3v) is 6.16. The van der Waals surface area contributed by atoms with Crippen LogP contribution in [0.15, 0.2) is 0 Å². The van der Waals surface area contributed by atoms with Gasteiger partial charge in [0.1, 0.15) is 0 Å². The molecule has 3 fully saturated rings. The van der Waals surface area contributed by atoms with Gasteiger partial charge in [0.05, 0.1) is 0 Å². The lowest BCUT2D eigenvalue weighted by Crippen LogP contribution is -2.49. The molecule has 0 aromatic rings. The summed E-state index contributed by atoms with van der Waals surface area (Å²) in [4.78, 5) is 2.72. The summed E-state index contributed by atoms with van der Waals surface area (Å²) in [7, 11) is 0. The Kier molecular flexibility index (Phi) is 3.47. The molecule has 2 saturated heterocycles. The van der Waals surface area contributed by atoms with E-state index >= 15 is 0 Å². The van der Waals surface area contributed by atoms with Crippen molar-refractivity contribution in [3.63, 3.8) is 0 Å². The highest BCUT2D eigenvalue weighted by atomic mass is 127. The molecule has 3 heteroatoms. The minimum absolute atomic E-state index is 0.753. The number of halogens is 1. The van der Waals surface area contributed by atoms with Gasteiger partial charge in [-0.3, -0.25) is 0 Å². The van der Waals surface area contributed by atoms with Crippen molar-refractivity contribution < 1.29 is 0 Å². The molecule has 0 N–H and O–H groups in total. The highest BCUT2D eigenvalue weighted by Crippen LogP contribution is 2.46. The minimum Gasteiger partial charge on any atom is -0.300 e. The molecule has 1 saturated carbocycles. The fraction of sp³-hybridized carbons (Fsp3) is 1.00. The lowest BCUT2D eigenvalue weighted by molar-refractivity contribution is 0.0297. The monoisotopic (exact) mass is 334 g/mol. The van der Waals surface area contributed by atoms with Crippen molar-refractivity contribution >= 4 is 22.9 Å². The maximum atomic E-state index is 2.72. The first kappa shape index (κ1) is 11.7. The van der Waals surface area contributed by atoms with E-state index in [2.05, 4.69) is 30.9 Å². The third-order valence-electron chi connectivity index (χ3n) is 5.19. The van der Waals surface area contributed by atoms with Crippen LogP contribution in [-0.2, 0) is 0 Å². The van der Waals surface area contributed by atoms with Gasteiger partial charge in [-0.15, -0.1) is 0 Å². The zero-order valence-electron chi connectivity index (χ0n) is 10.1. The summed E-state index contributed by atoms with van der Waals surface area (Å²) in [5.74, 6) is 0. The minimum atomic E-state index is 0.753. The van der Waals surface area contributed by atoms with Gasteiger partial charge in [0.15, 0.2) is 0 Å². The zero-order chi connectivity index (χ0) is 11.0. The first-order chi connectivity index (χ1) is 7.77. The van der Waals surface area contributed by atoms with Crippen molar-refractivity contribution in [2.24, 2.45) is 5.41 Å². The number of hydrogen-bond acceptors (Lipinski definition) is 2. The topological polar surface area (TPSA) is 6.48 Å². The SMILES string of the molecule is IN1CCC2(CCC(N3CCC3)CC2)CC1. The second-order valence-electron chi connectivity index (χ2n) is 6.03. The van der Waals surface area contributed by atoms with Crippen LogP contribution in [0.4, 0.5) is 0 Å². The van der Waals surface area contributed by atoms with E-state index in [1.807, 2.05) is 0 Å². The van der Waals surface area contributed by atoms with Crippen LogP contribution >= 0.6 is 22.9 Å². The number of likely N-dealkylation sites (tertiary alicyclic amines) is 1. The van der Waals surface area contributed by atoms with Crippen molar-refractivity contribution in [3.05, 3.63) is 0 Å². The van der Waals surface area contributed by atoms with E-state index < -0.39 is 0 Å². The normalized spacial score (nSPS) is 32.8. The van der Waals surface area contributed by atoms with Gasteiger partial charge in [0.25, 0.3) is 0 Å². The van der Waals surface area contributed by atoms with E-state index in [1.54, 1.807) is 0 Å². The standard InChI is InChI=1S/C13H23IN2/c14-16-10-6-13(7-11-16)4-2-12(3-5-13)15-8-1-9-15/h12H,1-11H2. The van der Waals surface area contributed by atoms with E-state index in [0.717, 1.165) is 11.5 Å². The molecule has 0 aromatic heterocycles. The highest BCUT2D eigenvalue weighted by molar-refractivity contribution is 14.1. The predicted octanol–water partition coefficient (Wildman–Crippen LogP) is 3.07. The summed E-state index contributed by atoms with van der Waals surface area (Å²) in [6, 6.07) is 0.956. The van der Waals surface area contributed by atoms with E-state index in [0.29, 0.717) is 0 Å². The maximum Gasteiger partial charge on any atom is 0.0201 e. The molecule has 3 rings (SSSR count). The number of piperidine rings is 1. The Morgan fingerprint density at radius 1 is 0.875 bits per heavy atom. The molecule has 0 bridgehead atoms. The molecule has 0 amide bonds. The lowest BCUT2D eigenvalue weighted by atomic mass is 9.67. The summed E-state index contributed by atoms with van der Waals surface area (Å²) >= 11 is 2.49. The molecule has 1 spiro atoms. The summed E-state index contributed by atoms with van der Waals surface area (Å²) in [5.41, 5.74) is 0.753. The smallest absolute Gasteiger partial charge is 0.0201 e. The second-order valence-corrected chi connectivity index (χ2v) is 7.40. The molecule has 1 aliphatic carbocycles. The molecule has 0 unspecified atom stereocenters. The fourth-order valence-electron chi connectivity index (χ4n) is 3.74. The summed E-state index contributed by atoms with van der Waals surface area (Å²) in [6.45, 7) is 5.43. The molecule has 2 aliphatic heterocycles. The third kappa shape index (κ3) is 2.27. The van der Waals surface area contributed by atoms with Crippen LogP contribution in [0.3, 0.4) is 0 Å². The van der Waals surface area contributed by atoms with Crippen LogP contribution in [0, 0.1) is 5.41 Å². The lowest BCUT2D eigenvalue weighted by Gasteiger charge is -2.48. The van der Waals surface area contributed by atoms with Crippen molar-refractivity contribution in [2.45, 2.75) is 51.0 Å². The molecular weight excluding hydrogens is 311 g/mol. The Bertz CT molecular complexity index is 234. The molecule has 0 radical (unpaired) electrons. The highest BCUT2D eigenvalue weighted by Gasteiger charge is 2.39. The van der Waals surface area contributed by atoms with Gasteiger partial charge in [0.2, 0.25) is 0 Å². The van der Waals surface area contributed by atoms with Gasteiger partial charge >= 0.3 is 0 Å². The van der Waals surface area contributed by atoms with E-state index in [9.17, 15) is 0 Å². The van der Waals surface area contributed by atoms with Crippen LogP contribution in [0.5, 0.6) is 0 Å². The van der Waals surface area contributed by atoms with Crippen molar-refractivity contribution in [2.75, 3.05) is 26.2 Å². The van der Waals surface area contributed by atoms with Gasteiger partial charge in [-0.2, -0.15) is 0 Å². The van der Waals surface area contributed by atoms with Crippen LogP contribution in [0.25, 0.3) is 0 Å². The molecule has 3 aliphatic rings. The Hall–Kier alpha value is 0.650. The number of rotatable bonds is 1. The summed E-state index contributed by atoms with van der Waals surface area (Å²) in [5, 5.41) is 0. The van der Waals surface area contributed by atoms with Gasteiger partial charge in [-0.05, 0) is 63.5 Å². The molecular formula is C13H23IN2. The Morgan fingerprint density at radius 3 is 2.00 bits per heavy atom. The van der Waals surface area contributed by atoms with E-state index in [1.165, 1.54) is 71.1 Å². The van der Waals surface area contributed by atoms with Crippen LogP contribution in [0.1, 0.15) is 44.9 Å². The number of hydrogen-bond donors (Lipinski definition) is 0. The molecule has 2 heterocycles. The molecule has 16 heavy (non-hydrogen) atoms. The van der Waals surface area contributed by atoms with Crippen molar-refractivity contribution in [1.29, 1.82) is 0 Å². The average Bonchev–Trinajstić information content (AvgIpc) is 2.24. The Balaban J connectivity index is 1.53. The zero-order valence-corrected chi connectivity index (χ0v) is 12.3. The van der Waals surface area contributed by atoms with Crippen molar-refractivity contribution in [1.82, 2.24) is 8.01 Å². The van der Waals surface area contributed by atoms with Gasteiger partial charge in [0, 0.05) is 42.0 Å². The van der Waals surface area contributed by atoms with Gasteiger partial charge < -0.3 is 4.90 Å². The van der Waals surface area contributed by atoms with Gasteiger partial charge in [-0.25, -0.2) is 3.11 Å². The second kappa shape index (κ2) is 4.73. The summed E-state index contributed by atoms with van der Waals surface area (Å²) < 4.78 is 2.48. The van der Waals surface area contributed by atoms with Crippen LogP contribution in [0.2, 0.25) is 0 Å². The molecule has 0 aromatic carbocycles. The Labute approximate surface area is 113 Å². The Morgan fingerprint density at radius 2 is 1.50 bits per heavy atom. The largest absolute Gasteiger partial charge is 0.300 e. The number of nitrogens with zero attached hydrogens (tertiary/aromatic N) is 2. The molecule has 2 nitrogen and oxygen atoms in total. The first-order valence-corrected chi connectivity index (χ1v) is 7.89. The van der Waals surface area contributed by atoms with Crippen LogP contribution < -0.4 is 0 Å². The van der Waals surface area contributed by atoms with E-state index in [-0.39, 0.29) is 0 Å². The van der Waals surface area contributed by atoms with Crippen molar-refractivity contribution in [3.8, 4) is 0 Å². The maximum absolute atomic E-state index is 2.72. The van der Waals surface area contributed by atoms with Gasteiger partial charge in [-0.1, -0.05) is 0 Å². The fourth-order valence-corrected chi connectivity index (χ4v) is 4.22. The quantitative estimate of drug-likeness (QED) is 0.537. The van der Waals surface area contributed by atoms with E-state index in [4.69, 9.17) is 0 Å². The molecule has 92 valence electrons. The first-order valence-electron chi connectivity index (χ1n) is 6.92. The van der Waals surface area contributed by atoms with Crippen LogP contribution in [-0.4, -0.2) is 40.2 Å².